The van der Waals surface area contributed by atoms with Gasteiger partial charge in [0.05, 0.1) is 0 Å². The van der Waals surface area contributed by atoms with Crippen LogP contribution in [0.3, 0.4) is 0 Å². The maximum absolute atomic E-state index is 2.38. The Kier molecular flexibility index (Phi) is 5.07. The molecule has 134 valence electrons. The van der Waals surface area contributed by atoms with Crippen molar-refractivity contribution in [3.63, 3.8) is 0 Å². The molecule has 0 radical (unpaired) electrons. The molecule has 0 unspecified atom stereocenters. The third-order valence-corrected chi connectivity index (χ3v) is 12.7. The standard InChI is InChI=1S/C22H28S3/c1-19(2,3)21(17-13-9-7-10-14-17)23-22(25-24-21,20(4,5)6)18-15-11-8-12-16-18/h7-16H,1-6H3/t21-,22-/m0/s1. The first-order valence-corrected chi connectivity index (χ1v) is 11.8. The highest BCUT2D eigenvalue weighted by Gasteiger charge is 2.61. The predicted octanol–water partition coefficient (Wildman–Crippen LogP) is 7.91. The summed E-state index contributed by atoms with van der Waals surface area (Å²) in [7, 11) is 4.12. The molecule has 1 aliphatic heterocycles. The molecule has 25 heavy (non-hydrogen) atoms. The largest absolute Gasteiger partial charge is 0.114 e. The first kappa shape index (κ1) is 19.3. The van der Waals surface area contributed by atoms with Gasteiger partial charge >= 0.3 is 0 Å². The number of rotatable bonds is 2. The Morgan fingerprint density at radius 1 is 0.560 bits per heavy atom. The monoisotopic (exact) mass is 388 g/mol. The lowest BCUT2D eigenvalue weighted by Gasteiger charge is -2.45. The van der Waals surface area contributed by atoms with Crippen LogP contribution >= 0.6 is 33.3 Å². The van der Waals surface area contributed by atoms with Gasteiger partial charge in [-0.05, 0) is 22.0 Å². The summed E-state index contributed by atoms with van der Waals surface area (Å²) in [5.74, 6) is 0. The van der Waals surface area contributed by atoms with E-state index in [1.807, 2.05) is 0 Å². The average molecular weight is 389 g/mol. The number of hydrogen-bond donors (Lipinski definition) is 0. The van der Waals surface area contributed by atoms with Crippen LogP contribution < -0.4 is 0 Å². The van der Waals surface area contributed by atoms with E-state index in [1.54, 1.807) is 0 Å². The number of benzene rings is 2. The van der Waals surface area contributed by atoms with Crippen LogP contribution in [0, 0.1) is 10.8 Å². The van der Waals surface area contributed by atoms with E-state index < -0.39 is 0 Å². The Morgan fingerprint density at radius 2 is 0.880 bits per heavy atom. The van der Waals surface area contributed by atoms with Crippen molar-refractivity contribution in [2.24, 2.45) is 10.8 Å². The van der Waals surface area contributed by atoms with Crippen LogP contribution in [0.15, 0.2) is 60.7 Å². The van der Waals surface area contributed by atoms with E-state index >= 15 is 0 Å². The van der Waals surface area contributed by atoms with E-state index in [4.69, 9.17) is 0 Å². The third-order valence-electron chi connectivity index (χ3n) is 4.85. The van der Waals surface area contributed by atoms with Gasteiger partial charge in [0, 0.05) is 0 Å². The minimum Gasteiger partial charge on any atom is -0.114 e. The van der Waals surface area contributed by atoms with Crippen molar-refractivity contribution in [2.45, 2.75) is 49.7 Å². The van der Waals surface area contributed by atoms with Crippen LogP contribution in [0.5, 0.6) is 0 Å². The van der Waals surface area contributed by atoms with Crippen molar-refractivity contribution in [2.75, 3.05) is 0 Å². The van der Waals surface area contributed by atoms with Crippen LogP contribution in [0.25, 0.3) is 0 Å². The van der Waals surface area contributed by atoms with E-state index in [9.17, 15) is 0 Å². The molecule has 2 atom stereocenters. The van der Waals surface area contributed by atoms with Crippen molar-refractivity contribution in [1.29, 1.82) is 0 Å². The van der Waals surface area contributed by atoms with Crippen LogP contribution in [0.2, 0.25) is 0 Å². The normalized spacial score (nSPS) is 27.4. The molecule has 0 aromatic heterocycles. The molecule has 0 spiro atoms. The summed E-state index contributed by atoms with van der Waals surface area (Å²) in [6, 6.07) is 22.1. The van der Waals surface area contributed by atoms with E-state index in [2.05, 4.69) is 136 Å². The zero-order valence-corrected chi connectivity index (χ0v) is 18.4. The summed E-state index contributed by atoms with van der Waals surface area (Å²) in [4.78, 5) is 0. The topological polar surface area (TPSA) is 0 Å². The minimum atomic E-state index is 0.0159. The molecular weight excluding hydrogens is 360 g/mol. The summed E-state index contributed by atoms with van der Waals surface area (Å²) in [5, 5.41) is 0. The van der Waals surface area contributed by atoms with E-state index in [0.29, 0.717) is 0 Å². The van der Waals surface area contributed by atoms with E-state index in [0.717, 1.165) is 0 Å². The molecule has 0 nitrogen and oxygen atoms in total. The zero-order chi connectivity index (χ0) is 18.3. The Labute approximate surface area is 165 Å². The van der Waals surface area contributed by atoms with Gasteiger partial charge in [0.1, 0.15) is 8.16 Å². The first-order chi connectivity index (χ1) is 11.6. The van der Waals surface area contributed by atoms with Gasteiger partial charge in [0.2, 0.25) is 0 Å². The smallest absolute Gasteiger partial charge is 0.103 e. The lowest BCUT2D eigenvalue weighted by atomic mass is 9.85. The molecule has 1 aliphatic rings. The second kappa shape index (κ2) is 6.58. The van der Waals surface area contributed by atoms with Crippen molar-refractivity contribution in [3.05, 3.63) is 71.8 Å². The van der Waals surface area contributed by atoms with Gasteiger partial charge in [0.15, 0.2) is 0 Å². The molecule has 2 aromatic rings. The molecule has 0 saturated carbocycles. The maximum Gasteiger partial charge on any atom is 0.103 e. The van der Waals surface area contributed by atoms with Gasteiger partial charge in [-0.25, -0.2) is 0 Å². The zero-order valence-electron chi connectivity index (χ0n) is 16.0. The number of hydrogen-bond acceptors (Lipinski definition) is 3. The van der Waals surface area contributed by atoms with Crippen molar-refractivity contribution in [1.82, 2.24) is 0 Å². The van der Waals surface area contributed by atoms with Gasteiger partial charge in [-0.3, -0.25) is 0 Å². The second-order valence-electron chi connectivity index (χ2n) is 8.73. The maximum atomic E-state index is 2.38. The second-order valence-corrected chi connectivity index (χ2v) is 13.2. The molecular formula is C22H28S3. The fourth-order valence-corrected chi connectivity index (χ4v) is 11.2. The SMILES string of the molecule is CC(C)(C)[C@]1(c2ccccc2)SS[C@@](c2ccccc2)(C(C)(C)C)S1. The van der Waals surface area contributed by atoms with Gasteiger partial charge in [0.25, 0.3) is 0 Å². The summed E-state index contributed by atoms with van der Waals surface area (Å²) in [5.41, 5.74) is 3.12. The molecule has 1 fully saturated rings. The molecule has 0 N–H and O–H groups in total. The highest BCUT2D eigenvalue weighted by molar-refractivity contribution is 8.83. The van der Waals surface area contributed by atoms with E-state index in [1.165, 1.54) is 11.1 Å². The Morgan fingerprint density at radius 3 is 1.16 bits per heavy atom. The Hall–Kier alpha value is -0.510. The Balaban J connectivity index is 2.18. The Bertz CT molecular complexity index is 649. The van der Waals surface area contributed by atoms with Gasteiger partial charge in [-0.1, -0.05) is 124 Å². The highest BCUT2D eigenvalue weighted by Crippen LogP contribution is 2.80. The fraction of sp³-hybridized carbons (Fsp3) is 0.455. The van der Waals surface area contributed by atoms with Crippen LogP contribution in [-0.4, -0.2) is 0 Å². The average Bonchev–Trinajstić information content (AvgIpc) is 3.00. The van der Waals surface area contributed by atoms with Gasteiger partial charge in [-0.15, -0.1) is 11.8 Å². The molecule has 0 bridgehead atoms. The molecule has 3 heteroatoms. The van der Waals surface area contributed by atoms with Gasteiger partial charge in [-0.2, -0.15) is 0 Å². The molecule has 3 rings (SSSR count). The molecule has 1 heterocycles. The fourth-order valence-electron chi connectivity index (χ4n) is 3.31. The lowest BCUT2D eigenvalue weighted by Crippen LogP contribution is -2.37. The first-order valence-electron chi connectivity index (χ1n) is 8.80. The van der Waals surface area contributed by atoms with Crippen LogP contribution in [0.1, 0.15) is 52.7 Å². The summed E-state index contributed by atoms with van der Waals surface area (Å²) >= 11 is 2.15. The third kappa shape index (κ3) is 3.17. The predicted molar refractivity (Wildman–Crippen MR) is 118 cm³/mol. The van der Waals surface area contributed by atoms with Crippen molar-refractivity contribution >= 4 is 33.3 Å². The van der Waals surface area contributed by atoms with E-state index in [-0.39, 0.29) is 19.0 Å². The van der Waals surface area contributed by atoms with Crippen molar-refractivity contribution in [3.8, 4) is 0 Å². The summed E-state index contributed by atoms with van der Waals surface area (Å²) in [6.07, 6.45) is 0. The molecule has 0 amide bonds. The van der Waals surface area contributed by atoms with Crippen LogP contribution in [-0.2, 0) is 8.16 Å². The molecule has 1 saturated heterocycles. The number of thioether (sulfide) groups is 1. The molecule has 0 aliphatic carbocycles. The summed E-state index contributed by atoms with van der Waals surface area (Å²) < 4.78 is 0.0318. The van der Waals surface area contributed by atoms with Crippen LogP contribution in [0.4, 0.5) is 0 Å². The summed E-state index contributed by atoms with van der Waals surface area (Å²) in [6.45, 7) is 14.3. The lowest BCUT2D eigenvalue weighted by molar-refractivity contribution is 0.353. The van der Waals surface area contributed by atoms with Gasteiger partial charge < -0.3 is 0 Å². The van der Waals surface area contributed by atoms with Crippen molar-refractivity contribution < 1.29 is 0 Å². The quantitative estimate of drug-likeness (QED) is 0.480. The minimum absolute atomic E-state index is 0.0159. The highest BCUT2D eigenvalue weighted by atomic mass is 33.1. The molecule has 2 aromatic carbocycles.